The van der Waals surface area contributed by atoms with E-state index in [1.54, 1.807) is 0 Å². The smallest absolute Gasteiger partial charge is 0.303 e. The van der Waals surface area contributed by atoms with Gasteiger partial charge in [0.05, 0.1) is 0 Å². The first-order chi connectivity index (χ1) is 6.52. The maximum absolute atomic E-state index is 10.4. The van der Waals surface area contributed by atoms with Gasteiger partial charge in [-0.25, -0.2) is 0 Å². The van der Waals surface area contributed by atoms with E-state index in [9.17, 15) is 4.79 Å². The highest BCUT2D eigenvalue weighted by Crippen LogP contribution is 2.23. The summed E-state index contributed by atoms with van der Waals surface area (Å²) in [6.07, 6.45) is 0.696. The van der Waals surface area contributed by atoms with Gasteiger partial charge in [0.1, 0.15) is 0 Å². The van der Waals surface area contributed by atoms with Crippen LogP contribution in [0.1, 0.15) is 23.1 Å². The number of benzene rings is 1. The third-order valence-electron chi connectivity index (χ3n) is 2.30. The van der Waals surface area contributed by atoms with Crippen molar-refractivity contribution in [2.24, 2.45) is 0 Å². The maximum atomic E-state index is 10.4. The minimum Gasteiger partial charge on any atom is -0.481 e. The zero-order valence-corrected chi connectivity index (χ0v) is 9.06. The summed E-state index contributed by atoms with van der Waals surface area (Å²) in [6, 6.07) is 3.87. The summed E-state index contributed by atoms with van der Waals surface area (Å²) in [7, 11) is 0. The van der Waals surface area contributed by atoms with Crippen LogP contribution in [0.25, 0.3) is 0 Å². The van der Waals surface area contributed by atoms with Crippen molar-refractivity contribution in [3.05, 3.63) is 33.8 Å². The molecule has 0 aliphatic carbocycles. The van der Waals surface area contributed by atoms with Crippen molar-refractivity contribution in [1.29, 1.82) is 0 Å². The van der Waals surface area contributed by atoms with Crippen molar-refractivity contribution in [3.8, 4) is 0 Å². The van der Waals surface area contributed by atoms with Crippen LogP contribution in [-0.4, -0.2) is 11.1 Å². The molecule has 0 atom stereocenters. The summed E-state index contributed by atoms with van der Waals surface area (Å²) in [5.41, 5.74) is 3.04. The first-order valence-electron chi connectivity index (χ1n) is 4.48. The van der Waals surface area contributed by atoms with Crippen LogP contribution in [0.4, 0.5) is 0 Å². The molecule has 0 amide bonds. The zero-order valence-electron chi connectivity index (χ0n) is 8.30. The van der Waals surface area contributed by atoms with E-state index in [1.165, 1.54) is 0 Å². The molecule has 2 nitrogen and oxygen atoms in total. The number of rotatable bonds is 3. The van der Waals surface area contributed by atoms with Crippen LogP contribution in [-0.2, 0) is 11.2 Å². The molecule has 0 unspecified atom stereocenters. The van der Waals surface area contributed by atoms with E-state index in [1.807, 2.05) is 26.0 Å². The van der Waals surface area contributed by atoms with Crippen LogP contribution < -0.4 is 0 Å². The average molecular weight is 213 g/mol. The largest absolute Gasteiger partial charge is 0.481 e. The lowest BCUT2D eigenvalue weighted by Crippen LogP contribution is -1.99. The second-order valence-electron chi connectivity index (χ2n) is 3.37. The second-order valence-corrected chi connectivity index (χ2v) is 3.75. The van der Waals surface area contributed by atoms with Gasteiger partial charge in [0, 0.05) is 11.4 Å². The van der Waals surface area contributed by atoms with E-state index >= 15 is 0 Å². The minimum absolute atomic E-state index is 0.153. The van der Waals surface area contributed by atoms with Gasteiger partial charge in [-0.15, -0.1) is 0 Å². The van der Waals surface area contributed by atoms with E-state index < -0.39 is 5.97 Å². The molecule has 0 radical (unpaired) electrons. The van der Waals surface area contributed by atoms with Crippen LogP contribution in [0.15, 0.2) is 12.1 Å². The number of aliphatic carboxylic acids is 1. The highest BCUT2D eigenvalue weighted by molar-refractivity contribution is 6.32. The Balaban J connectivity index is 2.88. The molecule has 14 heavy (non-hydrogen) atoms. The lowest BCUT2D eigenvalue weighted by atomic mass is 10.0. The van der Waals surface area contributed by atoms with Gasteiger partial charge in [0.15, 0.2) is 0 Å². The number of halogens is 1. The Bertz CT molecular complexity index is 359. The number of hydrogen-bond donors (Lipinski definition) is 1. The number of carboxylic acids is 1. The van der Waals surface area contributed by atoms with Crippen molar-refractivity contribution in [2.75, 3.05) is 0 Å². The van der Waals surface area contributed by atoms with Crippen molar-refractivity contribution in [2.45, 2.75) is 26.7 Å². The van der Waals surface area contributed by atoms with Crippen molar-refractivity contribution >= 4 is 17.6 Å². The Labute approximate surface area is 88.5 Å². The summed E-state index contributed by atoms with van der Waals surface area (Å²) >= 11 is 6.05. The molecule has 3 heteroatoms. The third kappa shape index (κ3) is 2.48. The normalized spacial score (nSPS) is 10.2. The van der Waals surface area contributed by atoms with Gasteiger partial charge in [-0.05, 0) is 37.0 Å². The second kappa shape index (κ2) is 4.47. The van der Waals surface area contributed by atoms with E-state index in [0.29, 0.717) is 6.42 Å². The summed E-state index contributed by atoms with van der Waals surface area (Å²) in [4.78, 5) is 10.4. The Kier molecular flexibility index (Phi) is 3.53. The lowest BCUT2D eigenvalue weighted by molar-refractivity contribution is -0.136. The van der Waals surface area contributed by atoms with Gasteiger partial charge in [-0.1, -0.05) is 23.7 Å². The van der Waals surface area contributed by atoms with Gasteiger partial charge >= 0.3 is 5.97 Å². The SMILES string of the molecule is Cc1ccc(CCC(=O)O)c(C)c1Cl. The monoisotopic (exact) mass is 212 g/mol. The standard InChI is InChI=1S/C11H13ClO2/c1-7-3-4-9(5-6-10(13)14)8(2)11(7)12/h3-4H,5-6H2,1-2H3,(H,13,14). The fourth-order valence-electron chi connectivity index (χ4n) is 1.37. The molecule has 1 rings (SSSR count). The summed E-state index contributed by atoms with van der Waals surface area (Å²) in [5.74, 6) is -0.777. The van der Waals surface area contributed by atoms with E-state index in [0.717, 1.165) is 21.7 Å². The fraction of sp³-hybridized carbons (Fsp3) is 0.364. The lowest BCUT2D eigenvalue weighted by Gasteiger charge is -2.08. The van der Waals surface area contributed by atoms with E-state index in [4.69, 9.17) is 16.7 Å². The summed E-state index contributed by atoms with van der Waals surface area (Å²) < 4.78 is 0. The Morgan fingerprint density at radius 3 is 2.64 bits per heavy atom. The minimum atomic E-state index is -0.777. The van der Waals surface area contributed by atoms with Crippen molar-refractivity contribution < 1.29 is 9.90 Å². The molecule has 76 valence electrons. The first-order valence-corrected chi connectivity index (χ1v) is 4.86. The quantitative estimate of drug-likeness (QED) is 0.837. The van der Waals surface area contributed by atoms with Gasteiger partial charge in [0.25, 0.3) is 0 Å². The van der Waals surface area contributed by atoms with Crippen LogP contribution in [0.5, 0.6) is 0 Å². The van der Waals surface area contributed by atoms with Crippen molar-refractivity contribution in [1.82, 2.24) is 0 Å². The van der Waals surface area contributed by atoms with Gasteiger partial charge in [-0.2, -0.15) is 0 Å². The average Bonchev–Trinajstić information content (AvgIpc) is 2.13. The molecule has 0 aliphatic heterocycles. The molecule has 0 heterocycles. The number of carboxylic acid groups (broad SMARTS) is 1. The predicted octanol–water partition coefficient (Wildman–Crippen LogP) is 2.97. The molecule has 0 spiro atoms. The molecule has 1 N–H and O–H groups in total. The summed E-state index contributed by atoms with van der Waals surface area (Å²) in [6.45, 7) is 3.86. The third-order valence-corrected chi connectivity index (χ3v) is 2.88. The Hall–Kier alpha value is -1.02. The van der Waals surface area contributed by atoms with E-state index in [-0.39, 0.29) is 6.42 Å². The number of aryl methyl sites for hydroxylation is 2. The van der Waals surface area contributed by atoms with E-state index in [2.05, 4.69) is 0 Å². The van der Waals surface area contributed by atoms with Gasteiger partial charge in [0.2, 0.25) is 0 Å². The van der Waals surface area contributed by atoms with Crippen LogP contribution in [0, 0.1) is 13.8 Å². The zero-order chi connectivity index (χ0) is 10.7. The van der Waals surface area contributed by atoms with Crippen LogP contribution in [0.3, 0.4) is 0 Å². The molecule has 0 bridgehead atoms. The molecule has 0 saturated carbocycles. The highest BCUT2D eigenvalue weighted by atomic mass is 35.5. The molecular formula is C11H13ClO2. The van der Waals surface area contributed by atoms with Crippen molar-refractivity contribution in [3.63, 3.8) is 0 Å². The Morgan fingerprint density at radius 1 is 1.43 bits per heavy atom. The fourth-order valence-corrected chi connectivity index (χ4v) is 1.56. The van der Waals surface area contributed by atoms with Gasteiger partial charge in [-0.3, -0.25) is 4.79 Å². The maximum Gasteiger partial charge on any atom is 0.303 e. The predicted molar refractivity (Wildman–Crippen MR) is 56.9 cm³/mol. The summed E-state index contributed by atoms with van der Waals surface area (Å²) in [5, 5.41) is 9.30. The molecule has 0 fully saturated rings. The molecular weight excluding hydrogens is 200 g/mol. The van der Waals surface area contributed by atoms with Crippen LogP contribution in [0.2, 0.25) is 5.02 Å². The Morgan fingerprint density at radius 2 is 2.07 bits per heavy atom. The highest BCUT2D eigenvalue weighted by Gasteiger charge is 2.06. The van der Waals surface area contributed by atoms with Gasteiger partial charge < -0.3 is 5.11 Å². The molecule has 0 aliphatic rings. The molecule has 0 saturated heterocycles. The van der Waals surface area contributed by atoms with Crippen LogP contribution >= 0.6 is 11.6 Å². The topological polar surface area (TPSA) is 37.3 Å². The molecule has 1 aromatic carbocycles. The number of carbonyl (C=O) groups is 1. The first kappa shape index (κ1) is 11.1. The molecule has 1 aromatic rings. The number of hydrogen-bond acceptors (Lipinski definition) is 1. The molecule has 0 aromatic heterocycles.